The van der Waals surface area contributed by atoms with Crippen LogP contribution in [-0.4, -0.2) is 19.4 Å². The van der Waals surface area contributed by atoms with Crippen molar-refractivity contribution in [2.45, 2.75) is 75.1 Å². The fourth-order valence-corrected chi connectivity index (χ4v) is 5.36. The lowest BCUT2D eigenvalue weighted by atomic mass is 9.92. The number of nitrogens with one attached hydrogen (secondary N) is 2. The minimum atomic E-state index is -3.60. The van der Waals surface area contributed by atoms with Gasteiger partial charge in [0.05, 0.1) is 16.8 Å². The molecule has 2 aliphatic rings. The van der Waals surface area contributed by atoms with Gasteiger partial charge in [-0.25, -0.2) is 13.4 Å². The highest BCUT2D eigenvalue weighted by Gasteiger charge is 2.18. The number of benzene rings is 1. The van der Waals surface area contributed by atoms with Gasteiger partial charge in [0.2, 0.25) is 0 Å². The van der Waals surface area contributed by atoms with E-state index in [0.717, 1.165) is 30.6 Å². The first kappa shape index (κ1) is 19.2. The maximum atomic E-state index is 12.8. The maximum absolute atomic E-state index is 12.8. The molecule has 0 aliphatic heterocycles. The number of hydrogen-bond acceptors (Lipinski definition) is 4. The molecular formula is C22H29N3O2S. The highest BCUT2D eigenvalue weighted by atomic mass is 32.2. The number of aromatic nitrogens is 1. The van der Waals surface area contributed by atoms with Crippen LogP contribution in [0.4, 0.5) is 11.5 Å². The van der Waals surface area contributed by atoms with E-state index in [9.17, 15) is 8.42 Å². The van der Waals surface area contributed by atoms with Gasteiger partial charge in [0.25, 0.3) is 10.0 Å². The second-order valence-electron chi connectivity index (χ2n) is 8.01. The third-order valence-corrected chi connectivity index (χ3v) is 7.23. The first-order chi connectivity index (χ1) is 13.6. The Bertz CT molecular complexity index is 902. The molecule has 0 radical (unpaired) electrons. The van der Waals surface area contributed by atoms with E-state index in [0.29, 0.717) is 16.6 Å². The predicted molar refractivity (Wildman–Crippen MR) is 113 cm³/mol. The molecule has 4 rings (SSSR count). The lowest BCUT2D eigenvalue weighted by Crippen LogP contribution is -2.19. The topological polar surface area (TPSA) is 71.1 Å². The van der Waals surface area contributed by atoms with Crippen LogP contribution in [0.2, 0.25) is 0 Å². The smallest absolute Gasteiger partial charge is 0.261 e. The monoisotopic (exact) mass is 399 g/mol. The van der Waals surface area contributed by atoms with E-state index in [4.69, 9.17) is 0 Å². The summed E-state index contributed by atoms with van der Waals surface area (Å²) in [6, 6.07) is 9.60. The van der Waals surface area contributed by atoms with Crippen LogP contribution < -0.4 is 10.0 Å². The molecule has 2 aromatic rings. The molecule has 6 heteroatoms. The molecule has 1 saturated carbocycles. The van der Waals surface area contributed by atoms with E-state index < -0.39 is 10.0 Å². The largest absolute Gasteiger partial charge is 0.367 e. The molecule has 0 unspecified atom stereocenters. The van der Waals surface area contributed by atoms with E-state index >= 15 is 0 Å². The zero-order valence-electron chi connectivity index (χ0n) is 16.3. The molecule has 28 heavy (non-hydrogen) atoms. The van der Waals surface area contributed by atoms with Gasteiger partial charge in [0, 0.05) is 6.04 Å². The van der Waals surface area contributed by atoms with Gasteiger partial charge in [0.15, 0.2) is 0 Å². The number of pyridine rings is 1. The zero-order valence-corrected chi connectivity index (χ0v) is 17.1. The molecule has 1 aromatic carbocycles. The summed E-state index contributed by atoms with van der Waals surface area (Å²) in [6.45, 7) is 0. The van der Waals surface area contributed by atoms with Gasteiger partial charge in [-0.05, 0) is 73.9 Å². The van der Waals surface area contributed by atoms with Crippen LogP contribution in [0.5, 0.6) is 0 Å². The molecular weight excluding hydrogens is 370 g/mol. The van der Waals surface area contributed by atoms with Crippen LogP contribution in [-0.2, 0) is 22.9 Å². The SMILES string of the molecule is O=S(=O)(Nc1ccc(NC2CCCCCC2)nc1)c1ccc2c(c1)CCCC2. The van der Waals surface area contributed by atoms with Crippen LogP contribution in [0.3, 0.4) is 0 Å². The highest BCUT2D eigenvalue weighted by Crippen LogP contribution is 2.26. The third-order valence-electron chi connectivity index (χ3n) is 5.85. The summed E-state index contributed by atoms with van der Waals surface area (Å²) in [7, 11) is -3.60. The lowest BCUT2D eigenvalue weighted by Gasteiger charge is -2.18. The van der Waals surface area contributed by atoms with Gasteiger partial charge in [-0.3, -0.25) is 4.72 Å². The number of anilines is 2. The normalized spacial score (nSPS) is 18.1. The minimum absolute atomic E-state index is 0.328. The van der Waals surface area contributed by atoms with E-state index in [2.05, 4.69) is 15.0 Å². The minimum Gasteiger partial charge on any atom is -0.367 e. The van der Waals surface area contributed by atoms with Crippen LogP contribution in [0.1, 0.15) is 62.5 Å². The van der Waals surface area contributed by atoms with Crippen molar-refractivity contribution in [3.8, 4) is 0 Å². The van der Waals surface area contributed by atoms with Gasteiger partial charge in [0.1, 0.15) is 5.82 Å². The van der Waals surface area contributed by atoms with Crippen molar-refractivity contribution in [3.05, 3.63) is 47.7 Å². The van der Waals surface area contributed by atoms with E-state index in [1.165, 1.54) is 50.5 Å². The molecule has 1 aromatic heterocycles. The van der Waals surface area contributed by atoms with Crippen LogP contribution in [0, 0.1) is 0 Å². The lowest BCUT2D eigenvalue weighted by molar-refractivity contribution is 0.600. The Morgan fingerprint density at radius 1 is 0.857 bits per heavy atom. The fourth-order valence-electron chi connectivity index (χ4n) is 4.26. The predicted octanol–water partition coefficient (Wildman–Crippen LogP) is 4.90. The third kappa shape index (κ3) is 4.66. The number of nitrogens with zero attached hydrogens (tertiary/aromatic N) is 1. The second kappa shape index (κ2) is 8.52. The van der Waals surface area contributed by atoms with Crippen LogP contribution in [0.25, 0.3) is 0 Å². The summed E-state index contributed by atoms with van der Waals surface area (Å²) in [6.07, 6.45) is 13.4. The average molecular weight is 400 g/mol. The van der Waals surface area contributed by atoms with Gasteiger partial charge < -0.3 is 5.32 Å². The number of hydrogen-bond donors (Lipinski definition) is 2. The molecule has 0 atom stereocenters. The molecule has 0 spiro atoms. The summed E-state index contributed by atoms with van der Waals surface area (Å²) in [5.41, 5.74) is 2.93. The van der Waals surface area contributed by atoms with Crippen molar-refractivity contribution in [2.24, 2.45) is 0 Å². The van der Waals surface area contributed by atoms with Crippen molar-refractivity contribution in [3.63, 3.8) is 0 Å². The summed E-state index contributed by atoms with van der Waals surface area (Å²) in [4.78, 5) is 4.74. The molecule has 0 amide bonds. The Kier molecular flexibility index (Phi) is 5.85. The fraction of sp³-hybridized carbons (Fsp3) is 0.500. The number of fused-ring (bicyclic) bond motifs is 1. The Morgan fingerprint density at radius 3 is 2.32 bits per heavy atom. The van der Waals surface area contributed by atoms with Gasteiger partial charge >= 0.3 is 0 Å². The van der Waals surface area contributed by atoms with Gasteiger partial charge in [-0.2, -0.15) is 0 Å². The van der Waals surface area contributed by atoms with E-state index in [-0.39, 0.29) is 0 Å². The first-order valence-electron chi connectivity index (χ1n) is 10.5. The molecule has 1 fully saturated rings. The standard InChI is InChI=1S/C22H29N3O2S/c26-28(27,21-13-11-17-7-5-6-8-18(17)15-21)25-20-12-14-22(23-16-20)24-19-9-3-1-2-4-10-19/h11-16,19,25H,1-10H2,(H,23,24). The molecule has 2 aliphatic carbocycles. The molecule has 0 bridgehead atoms. The molecule has 2 N–H and O–H groups in total. The van der Waals surface area contributed by atoms with Gasteiger partial charge in [-0.15, -0.1) is 0 Å². The molecule has 0 saturated heterocycles. The number of sulfonamides is 1. The Hall–Kier alpha value is -2.08. The highest BCUT2D eigenvalue weighted by molar-refractivity contribution is 7.92. The summed E-state index contributed by atoms with van der Waals surface area (Å²) < 4.78 is 28.2. The van der Waals surface area contributed by atoms with Crippen molar-refractivity contribution in [1.82, 2.24) is 4.98 Å². The van der Waals surface area contributed by atoms with E-state index in [1.54, 1.807) is 18.3 Å². The summed E-state index contributed by atoms with van der Waals surface area (Å²) in [5.74, 6) is 0.809. The van der Waals surface area contributed by atoms with Crippen LogP contribution >= 0.6 is 0 Å². The molecule has 1 heterocycles. The van der Waals surface area contributed by atoms with Crippen LogP contribution in [0.15, 0.2) is 41.4 Å². The van der Waals surface area contributed by atoms with Crippen molar-refractivity contribution < 1.29 is 8.42 Å². The van der Waals surface area contributed by atoms with Crippen molar-refractivity contribution >= 4 is 21.5 Å². The van der Waals surface area contributed by atoms with E-state index in [1.807, 2.05) is 18.2 Å². The van der Waals surface area contributed by atoms with Crippen molar-refractivity contribution in [1.29, 1.82) is 0 Å². The van der Waals surface area contributed by atoms with Gasteiger partial charge in [-0.1, -0.05) is 31.7 Å². The second-order valence-corrected chi connectivity index (χ2v) is 9.69. The summed E-state index contributed by atoms with van der Waals surface area (Å²) >= 11 is 0. The average Bonchev–Trinajstić information content (AvgIpc) is 2.97. The summed E-state index contributed by atoms with van der Waals surface area (Å²) in [5, 5.41) is 3.49. The quantitative estimate of drug-likeness (QED) is 0.702. The Balaban J connectivity index is 1.43. The zero-order chi connectivity index (χ0) is 19.4. The molecule has 5 nitrogen and oxygen atoms in total. The number of rotatable bonds is 5. The first-order valence-corrected chi connectivity index (χ1v) is 12.0. The Labute approximate surface area is 168 Å². The Morgan fingerprint density at radius 2 is 1.61 bits per heavy atom. The maximum Gasteiger partial charge on any atom is 0.261 e. The molecule has 150 valence electrons. The van der Waals surface area contributed by atoms with Crippen molar-refractivity contribution in [2.75, 3.05) is 10.0 Å². The number of aryl methyl sites for hydroxylation is 2.